The molecule has 2 aromatic carbocycles. The third-order valence-corrected chi connectivity index (χ3v) is 6.73. The Labute approximate surface area is 159 Å². The minimum atomic E-state index is 0.808. The molecule has 0 bridgehead atoms. The van der Waals surface area contributed by atoms with Crippen LogP contribution in [0.25, 0.3) is 0 Å². The molecule has 1 saturated heterocycles. The Balaban J connectivity index is 1.29. The van der Waals surface area contributed by atoms with Crippen molar-refractivity contribution in [3.8, 4) is 0 Å². The van der Waals surface area contributed by atoms with E-state index in [1.165, 1.54) is 46.4 Å². The Kier molecular flexibility index (Phi) is 4.81. The molecule has 0 aromatic heterocycles. The van der Waals surface area contributed by atoms with Crippen molar-refractivity contribution in [2.24, 2.45) is 5.92 Å². The van der Waals surface area contributed by atoms with Crippen LogP contribution in [0.15, 0.2) is 48.5 Å². The SMILES string of the molecule is Cc1cc(N2CCN(C[C@H]3C[C@@H]3c3ccccc3)CC2)ccc1I. The first kappa shape index (κ1) is 16.4. The topological polar surface area (TPSA) is 6.48 Å². The second-order valence-corrected chi connectivity index (χ2v) is 8.40. The maximum absolute atomic E-state index is 2.67. The molecular weight excluding hydrogens is 407 g/mol. The van der Waals surface area contributed by atoms with Gasteiger partial charge in [-0.05, 0) is 77.1 Å². The predicted octanol–water partition coefficient (Wildman–Crippen LogP) is 4.53. The van der Waals surface area contributed by atoms with Crippen LogP contribution in [0.4, 0.5) is 5.69 Å². The van der Waals surface area contributed by atoms with E-state index in [-0.39, 0.29) is 0 Å². The molecule has 2 fully saturated rings. The van der Waals surface area contributed by atoms with Gasteiger partial charge in [0, 0.05) is 42.0 Å². The van der Waals surface area contributed by atoms with Crippen LogP contribution < -0.4 is 4.90 Å². The third-order valence-electron chi connectivity index (χ3n) is 5.52. The van der Waals surface area contributed by atoms with Crippen LogP contribution in [0.2, 0.25) is 0 Å². The van der Waals surface area contributed by atoms with Crippen LogP contribution in [0.1, 0.15) is 23.5 Å². The van der Waals surface area contributed by atoms with Crippen molar-refractivity contribution in [1.82, 2.24) is 4.90 Å². The fourth-order valence-electron chi connectivity index (χ4n) is 3.90. The van der Waals surface area contributed by atoms with Crippen LogP contribution in [0, 0.1) is 16.4 Å². The fraction of sp³-hybridized carbons (Fsp3) is 0.429. The average molecular weight is 432 g/mol. The van der Waals surface area contributed by atoms with Crippen molar-refractivity contribution in [3.63, 3.8) is 0 Å². The zero-order valence-electron chi connectivity index (χ0n) is 14.3. The van der Waals surface area contributed by atoms with Gasteiger partial charge in [0.25, 0.3) is 0 Å². The molecule has 0 amide bonds. The number of nitrogens with zero attached hydrogens (tertiary/aromatic N) is 2. The largest absolute Gasteiger partial charge is 0.369 e. The maximum atomic E-state index is 2.67. The summed E-state index contributed by atoms with van der Waals surface area (Å²) in [5, 5.41) is 0. The van der Waals surface area contributed by atoms with Gasteiger partial charge >= 0.3 is 0 Å². The summed E-state index contributed by atoms with van der Waals surface area (Å²) in [6, 6.07) is 17.9. The van der Waals surface area contributed by atoms with Crippen molar-refractivity contribution in [3.05, 3.63) is 63.2 Å². The number of benzene rings is 2. The van der Waals surface area contributed by atoms with E-state index in [0.717, 1.165) is 24.9 Å². The minimum absolute atomic E-state index is 0.808. The molecule has 4 rings (SSSR count). The minimum Gasteiger partial charge on any atom is -0.369 e. The number of halogens is 1. The lowest BCUT2D eigenvalue weighted by Gasteiger charge is -2.36. The number of hydrogen-bond acceptors (Lipinski definition) is 2. The monoisotopic (exact) mass is 432 g/mol. The van der Waals surface area contributed by atoms with Crippen molar-refractivity contribution in [2.45, 2.75) is 19.3 Å². The summed E-state index contributed by atoms with van der Waals surface area (Å²) in [4.78, 5) is 5.21. The normalized spacial score (nSPS) is 24.2. The molecule has 2 nitrogen and oxygen atoms in total. The van der Waals surface area contributed by atoms with E-state index in [4.69, 9.17) is 0 Å². The lowest BCUT2D eigenvalue weighted by atomic mass is 10.1. The Morgan fingerprint density at radius 3 is 2.46 bits per heavy atom. The van der Waals surface area contributed by atoms with Gasteiger partial charge in [0.2, 0.25) is 0 Å². The summed E-state index contributed by atoms with van der Waals surface area (Å²) in [6.45, 7) is 8.19. The fourth-order valence-corrected chi connectivity index (χ4v) is 4.24. The van der Waals surface area contributed by atoms with Crippen LogP contribution in [0.3, 0.4) is 0 Å². The number of hydrogen-bond donors (Lipinski definition) is 0. The molecule has 0 spiro atoms. The average Bonchev–Trinajstić information content (AvgIpc) is 3.38. The zero-order chi connectivity index (χ0) is 16.5. The third kappa shape index (κ3) is 3.62. The highest BCUT2D eigenvalue weighted by Gasteiger charge is 2.39. The number of piperazine rings is 1. The number of rotatable bonds is 4. The first-order valence-electron chi connectivity index (χ1n) is 8.99. The molecule has 2 atom stereocenters. The lowest BCUT2D eigenvalue weighted by molar-refractivity contribution is 0.246. The second-order valence-electron chi connectivity index (χ2n) is 7.23. The molecule has 126 valence electrons. The molecule has 3 heteroatoms. The summed E-state index contributed by atoms with van der Waals surface area (Å²) in [5.41, 5.74) is 4.32. The van der Waals surface area contributed by atoms with E-state index < -0.39 is 0 Å². The lowest BCUT2D eigenvalue weighted by Crippen LogP contribution is -2.47. The van der Waals surface area contributed by atoms with E-state index in [0.29, 0.717) is 0 Å². The van der Waals surface area contributed by atoms with Crippen molar-refractivity contribution in [1.29, 1.82) is 0 Å². The van der Waals surface area contributed by atoms with E-state index in [1.54, 1.807) is 0 Å². The molecule has 0 radical (unpaired) electrons. The predicted molar refractivity (Wildman–Crippen MR) is 110 cm³/mol. The van der Waals surface area contributed by atoms with Crippen LogP contribution in [-0.2, 0) is 0 Å². The molecule has 1 aliphatic carbocycles. The molecule has 1 saturated carbocycles. The van der Waals surface area contributed by atoms with Gasteiger partial charge in [-0.1, -0.05) is 30.3 Å². The van der Waals surface area contributed by atoms with Gasteiger partial charge in [-0.25, -0.2) is 0 Å². The highest BCUT2D eigenvalue weighted by atomic mass is 127. The van der Waals surface area contributed by atoms with Crippen molar-refractivity contribution >= 4 is 28.3 Å². The molecule has 1 aliphatic heterocycles. The van der Waals surface area contributed by atoms with Crippen LogP contribution in [-0.4, -0.2) is 37.6 Å². The van der Waals surface area contributed by atoms with Gasteiger partial charge in [0.05, 0.1) is 0 Å². The molecule has 24 heavy (non-hydrogen) atoms. The Morgan fingerprint density at radius 2 is 1.75 bits per heavy atom. The van der Waals surface area contributed by atoms with E-state index >= 15 is 0 Å². The first-order valence-corrected chi connectivity index (χ1v) is 10.1. The summed E-state index contributed by atoms with van der Waals surface area (Å²) < 4.78 is 1.36. The summed E-state index contributed by atoms with van der Waals surface area (Å²) in [6.07, 6.45) is 1.38. The molecule has 1 heterocycles. The highest BCUT2D eigenvalue weighted by Crippen LogP contribution is 2.47. The van der Waals surface area contributed by atoms with Gasteiger partial charge in [-0.2, -0.15) is 0 Å². The standard InChI is InChI=1S/C21H25IN2/c1-16-13-19(7-8-21(16)22)24-11-9-23(10-12-24)15-18-14-20(18)17-5-3-2-4-6-17/h2-8,13,18,20H,9-12,14-15H2,1H3/t18-,20-/m1/s1. The van der Waals surface area contributed by atoms with Crippen LogP contribution in [0.5, 0.6) is 0 Å². The maximum Gasteiger partial charge on any atom is 0.0370 e. The van der Waals surface area contributed by atoms with Gasteiger partial charge in [-0.15, -0.1) is 0 Å². The molecule has 2 aromatic rings. The number of aryl methyl sites for hydroxylation is 1. The first-order chi connectivity index (χ1) is 11.7. The van der Waals surface area contributed by atoms with Crippen molar-refractivity contribution < 1.29 is 0 Å². The molecule has 2 aliphatic rings. The van der Waals surface area contributed by atoms with Gasteiger partial charge in [-0.3, -0.25) is 4.90 Å². The van der Waals surface area contributed by atoms with Crippen molar-refractivity contribution in [2.75, 3.05) is 37.6 Å². The quantitative estimate of drug-likeness (QED) is 0.656. The van der Waals surface area contributed by atoms with Gasteiger partial charge in [0.15, 0.2) is 0 Å². The second kappa shape index (κ2) is 7.04. The van der Waals surface area contributed by atoms with Gasteiger partial charge in [0.1, 0.15) is 0 Å². The van der Waals surface area contributed by atoms with E-state index in [9.17, 15) is 0 Å². The Morgan fingerprint density at radius 1 is 1.00 bits per heavy atom. The summed E-state index contributed by atoms with van der Waals surface area (Å²) in [7, 11) is 0. The smallest absolute Gasteiger partial charge is 0.0370 e. The summed E-state index contributed by atoms with van der Waals surface area (Å²) in [5.74, 6) is 1.68. The molecule has 0 N–H and O–H groups in total. The zero-order valence-corrected chi connectivity index (χ0v) is 16.4. The molecular formula is C21H25IN2. The van der Waals surface area contributed by atoms with E-state index in [2.05, 4.69) is 87.8 Å². The Hall–Kier alpha value is -1.07. The van der Waals surface area contributed by atoms with E-state index in [1.807, 2.05) is 0 Å². The molecule has 0 unspecified atom stereocenters. The number of anilines is 1. The van der Waals surface area contributed by atoms with Crippen LogP contribution >= 0.6 is 22.6 Å². The highest BCUT2D eigenvalue weighted by molar-refractivity contribution is 14.1. The Bertz CT molecular complexity index is 692. The van der Waals surface area contributed by atoms with Gasteiger partial charge < -0.3 is 4.90 Å². The summed E-state index contributed by atoms with van der Waals surface area (Å²) >= 11 is 2.42.